The molecule has 0 radical (unpaired) electrons. The fraction of sp³-hybridized carbons (Fsp3) is 0.400. The number of phenolic OH excluding ortho intramolecular Hbond substituents is 1. The number of aryl methyl sites for hydroxylation is 1. The lowest BCUT2D eigenvalue weighted by molar-refractivity contribution is -0.0792. The molecular weight excluding hydrogens is 336 g/mol. The van der Waals surface area contributed by atoms with E-state index in [1.807, 2.05) is 13.0 Å². The van der Waals surface area contributed by atoms with Gasteiger partial charge in [0.15, 0.2) is 11.5 Å². The largest absolute Gasteiger partial charge is 0.508 e. The third-order valence-electron chi connectivity index (χ3n) is 5.09. The maximum Gasteiger partial charge on any atom is 0.203 e. The van der Waals surface area contributed by atoms with Crippen LogP contribution in [-0.4, -0.2) is 48.9 Å². The summed E-state index contributed by atoms with van der Waals surface area (Å²) in [5.41, 5.74) is 2.14. The summed E-state index contributed by atoms with van der Waals surface area (Å²) in [7, 11) is 4.55. The van der Waals surface area contributed by atoms with Crippen LogP contribution in [0.3, 0.4) is 0 Å². The Kier molecular flexibility index (Phi) is 4.98. The zero-order chi connectivity index (χ0) is 19.0. The Morgan fingerprint density at radius 3 is 1.85 bits per heavy atom. The van der Waals surface area contributed by atoms with Gasteiger partial charge in [-0.15, -0.1) is 0 Å². The molecule has 140 valence electrons. The van der Waals surface area contributed by atoms with Crippen LogP contribution in [0.2, 0.25) is 0 Å². The van der Waals surface area contributed by atoms with Crippen LogP contribution in [0.5, 0.6) is 23.0 Å². The molecule has 0 saturated heterocycles. The molecule has 3 N–H and O–H groups in total. The number of aromatic hydroxyl groups is 1. The van der Waals surface area contributed by atoms with Crippen LogP contribution in [0.25, 0.3) is 0 Å². The molecule has 1 aliphatic rings. The van der Waals surface area contributed by atoms with E-state index in [4.69, 9.17) is 14.2 Å². The number of ether oxygens (including phenoxy) is 3. The molecule has 0 amide bonds. The van der Waals surface area contributed by atoms with E-state index >= 15 is 0 Å². The summed E-state index contributed by atoms with van der Waals surface area (Å²) in [5, 5.41) is 31.6. The van der Waals surface area contributed by atoms with Gasteiger partial charge in [-0.3, -0.25) is 0 Å². The number of benzene rings is 2. The van der Waals surface area contributed by atoms with Crippen molar-refractivity contribution < 1.29 is 29.5 Å². The van der Waals surface area contributed by atoms with Gasteiger partial charge >= 0.3 is 0 Å². The first-order valence-corrected chi connectivity index (χ1v) is 8.38. The Morgan fingerprint density at radius 1 is 0.808 bits per heavy atom. The van der Waals surface area contributed by atoms with Crippen molar-refractivity contribution in [3.8, 4) is 23.0 Å². The first-order valence-electron chi connectivity index (χ1n) is 8.38. The van der Waals surface area contributed by atoms with Crippen LogP contribution in [0, 0.1) is 6.92 Å². The highest BCUT2D eigenvalue weighted by atomic mass is 16.5. The molecule has 3 rings (SSSR count). The van der Waals surface area contributed by atoms with Crippen molar-refractivity contribution in [3.05, 3.63) is 47.0 Å². The average molecular weight is 360 g/mol. The molecule has 0 aliphatic heterocycles. The zero-order valence-corrected chi connectivity index (χ0v) is 15.3. The quantitative estimate of drug-likeness (QED) is 0.758. The van der Waals surface area contributed by atoms with Crippen LogP contribution in [0.15, 0.2) is 30.3 Å². The highest BCUT2D eigenvalue weighted by Gasteiger charge is 2.51. The predicted octanol–water partition coefficient (Wildman–Crippen LogP) is 2.33. The van der Waals surface area contributed by atoms with Gasteiger partial charge in [0, 0.05) is 17.4 Å². The van der Waals surface area contributed by atoms with Crippen molar-refractivity contribution in [2.75, 3.05) is 21.3 Å². The van der Waals surface area contributed by atoms with Crippen LogP contribution >= 0.6 is 0 Å². The van der Waals surface area contributed by atoms with Gasteiger partial charge in [-0.25, -0.2) is 0 Å². The molecule has 1 saturated carbocycles. The van der Waals surface area contributed by atoms with Crippen molar-refractivity contribution in [2.24, 2.45) is 0 Å². The molecule has 2 atom stereocenters. The number of phenols is 1. The highest BCUT2D eigenvalue weighted by molar-refractivity contribution is 5.56. The second-order valence-corrected chi connectivity index (χ2v) is 6.55. The molecule has 2 unspecified atom stereocenters. The summed E-state index contributed by atoms with van der Waals surface area (Å²) >= 11 is 0. The van der Waals surface area contributed by atoms with Crippen molar-refractivity contribution in [1.82, 2.24) is 0 Å². The van der Waals surface area contributed by atoms with E-state index in [0.717, 1.165) is 5.56 Å². The predicted molar refractivity (Wildman–Crippen MR) is 96.4 cm³/mol. The van der Waals surface area contributed by atoms with E-state index in [1.165, 1.54) is 21.3 Å². The lowest BCUT2D eigenvalue weighted by atomic mass is 9.63. The molecule has 0 bridgehead atoms. The number of aliphatic hydroxyl groups is 2. The maximum absolute atomic E-state index is 10.7. The summed E-state index contributed by atoms with van der Waals surface area (Å²) in [4.78, 5) is 0. The molecular formula is C20H24O6. The van der Waals surface area contributed by atoms with Gasteiger partial charge < -0.3 is 29.5 Å². The number of methoxy groups -OCH3 is 3. The minimum atomic E-state index is -0.846. The van der Waals surface area contributed by atoms with Crippen LogP contribution in [0.4, 0.5) is 0 Å². The first kappa shape index (κ1) is 18.4. The van der Waals surface area contributed by atoms with Gasteiger partial charge in [-0.2, -0.15) is 0 Å². The summed E-state index contributed by atoms with van der Waals surface area (Å²) in [6.45, 7) is 1.87. The monoisotopic (exact) mass is 360 g/mol. The normalized spacial score (nSPS) is 24.7. The molecule has 1 aliphatic carbocycles. The Balaban J connectivity index is 1.95. The SMILES string of the molecule is COc1cc(C2C(O)C(c3ccc(C)cc3O)C2O)cc(OC)c1OC. The maximum atomic E-state index is 10.7. The van der Waals surface area contributed by atoms with Gasteiger partial charge in [-0.1, -0.05) is 12.1 Å². The Hall–Kier alpha value is -2.44. The number of hydrogen-bond donors (Lipinski definition) is 3. The third kappa shape index (κ3) is 2.85. The summed E-state index contributed by atoms with van der Waals surface area (Å²) in [6.07, 6.45) is -1.69. The van der Waals surface area contributed by atoms with Crippen molar-refractivity contribution in [2.45, 2.75) is 31.0 Å². The Bertz CT molecular complexity index is 768. The minimum absolute atomic E-state index is 0.0800. The number of rotatable bonds is 5. The fourth-order valence-corrected chi connectivity index (χ4v) is 3.70. The lowest BCUT2D eigenvalue weighted by Crippen LogP contribution is -2.51. The van der Waals surface area contributed by atoms with E-state index in [9.17, 15) is 15.3 Å². The summed E-state index contributed by atoms with van der Waals surface area (Å²) < 4.78 is 16.0. The molecule has 2 aromatic rings. The lowest BCUT2D eigenvalue weighted by Gasteiger charge is -2.47. The highest BCUT2D eigenvalue weighted by Crippen LogP contribution is 2.52. The molecule has 0 aromatic heterocycles. The standard InChI is InChI=1S/C20H24O6/c1-10-5-6-12(13(21)7-10)17-18(22)16(19(17)23)11-8-14(24-2)20(26-4)15(9-11)25-3/h5-9,16-19,21-23H,1-4H3. The molecule has 0 spiro atoms. The topological polar surface area (TPSA) is 88.4 Å². The van der Waals surface area contributed by atoms with E-state index in [0.29, 0.717) is 28.4 Å². The summed E-state index contributed by atoms with van der Waals surface area (Å²) in [5.74, 6) is 0.381. The van der Waals surface area contributed by atoms with E-state index < -0.39 is 24.0 Å². The minimum Gasteiger partial charge on any atom is -0.508 e. The average Bonchev–Trinajstić information content (AvgIpc) is 2.63. The molecule has 6 nitrogen and oxygen atoms in total. The van der Waals surface area contributed by atoms with E-state index in [-0.39, 0.29) is 5.75 Å². The fourth-order valence-electron chi connectivity index (χ4n) is 3.70. The molecule has 0 heterocycles. The van der Waals surface area contributed by atoms with E-state index in [1.54, 1.807) is 24.3 Å². The number of hydrogen-bond acceptors (Lipinski definition) is 6. The molecule has 6 heteroatoms. The first-order chi connectivity index (χ1) is 12.4. The zero-order valence-electron chi connectivity index (χ0n) is 15.3. The van der Waals surface area contributed by atoms with Gasteiger partial charge in [0.2, 0.25) is 5.75 Å². The van der Waals surface area contributed by atoms with Gasteiger partial charge in [0.1, 0.15) is 5.75 Å². The second-order valence-electron chi connectivity index (χ2n) is 6.55. The Labute approximate surface area is 152 Å². The third-order valence-corrected chi connectivity index (χ3v) is 5.09. The molecule has 1 fully saturated rings. The van der Waals surface area contributed by atoms with Crippen molar-refractivity contribution >= 4 is 0 Å². The smallest absolute Gasteiger partial charge is 0.203 e. The van der Waals surface area contributed by atoms with Gasteiger partial charge in [0.05, 0.1) is 33.5 Å². The molecule has 26 heavy (non-hydrogen) atoms. The van der Waals surface area contributed by atoms with Crippen molar-refractivity contribution in [1.29, 1.82) is 0 Å². The van der Waals surface area contributed by atoms with Crippen LogP contribution in [0.1, 0.15) is 28.5 Å². The van der Waals surface area contributed by atoms with Crippen LogP contribution < -0.4 is 14.2 Å². The van der Waals surface area contributed by atoms with Gasteiger partial charge in [0.25, 0.3) is 0 Å². The Morgan fingerprint density at radius 2 is 1.38 bits per heavy atom. The van der Waals surface area contributed by atoms with Crippen molar-refractivity contribution in [3.63, 3.8) is 0 Å². The summed E-state index contributed by atoms with van der Waals surface area (Å²) in [6, 6.07) is 8.67. The van der Waals surface area contributed by atoms with Crippen LogP contribution in [-0.2, 0) is 0 Å². The second kappa shape index (κ2) is 7.05. The van der Waals surface area contributed by atoms with E-state index in [2.05, 4.69) is 0 Å². The molecule has 2 aromatic carbocycles. The van der Waals surface area contributed by atoms with Gasteiger partial charge in [-0.05, 0) is 36.2 Å². The number of aliphatic hydroxyl groups excluding tert-OH is 2.